The van der Waals surface area contributed by atoms with Crippen molar-refractivity contribution in [2.24, 2.45) is 5.84 Å². The Kier molecular flexibility index (Phi) is 4.01. The van der Waals surface area contributed by atoms with Crippen molar-refractivity contribution in [3.63, 3.8) is 0 Å². The van der Waals surface area contributed by atoms with Gasteiger partial charge in [-0.3, -0.25) is 11.3 Å². The molecule has 1 heterocycles. The number of nitrogens with two attached hydrogens (primary N) is 1. The van der Waals surface area contributed by atoms with Gasteiger partial charge in [-0.15, -0.1) is 0 Å². The molecule has 0 aliphatic carbocycles. The predicted molar refractivity (Wildman–Crippen MR) is 68.6 cm³/mol. The number of hydrazine groups is 1. The molecular formula is C13H14ClFN2O. The summed E-state index contributed by atoms with van der Waals surface area (Å²) in [6.07, 6.45) is 1.94. The summed E-state index contributed by atoms with van der Waals surface area (Å²) in [7, 11) is 0. The lowest BCUT2D eigenvalue weighted by atomic mass is 9.99. The first-order chi connectivity index (χ1) is 8.63. The molecule has 1 aromatic heterocycles. The summed E-state index contributed by atoms with van der Waals surface area (Å²) in [6.45, 7) is 1.84. The molecule has 0 aliphatic heterocycles. The van der Waals surface area contributed by atoms with E-state index in [4.69, 9.17) is 21.9 Å². The van der Waals surface area contributed by atoms with Gasteiger partial charge >= 0.3 is 0 Å². The highest BCUT2D eigenvalue weighted by Crippen LogP contribution is 2.27. The first-order valence-electron chi connectivity index (χ1n) is 5.56. The summed E-state index contributed by atoms with van der Waals surface area (Å²) >= 11 is 6.00. The van der Waals surface area contributed by atoms with E-state index in [1.807, 2.05) is 13.0 Å². The molecule has 0 saturated carbocycles. The predicted octanol–water partition coefficient (Wildman–Crippen LogP) is 3.13. The second-order valence-corrected chi connectivity index (χ2v) is 4.46. The standard InChI is InChI=1S/C13H14ClFN2O/c1-8-9(5-6-18-8)13(17-16)7-10-11(14)3-2-4-12(10)15/h2-6,13,17H,7,16H2,1H3. The second-order valence-electron chi connectivity index (χ2n) is 4.06. The molecule has 0 amide bonds. The molecule has 2 aromatic rings. The van der Waals surface area contributed by atoms with Crippen LogP contribution in [0.15, 0.2) is 34.9 Å². The second kappa shape index (κ2) is 5.52. The van der Waals surface area contributed by atoms with Crippen LogP contribution in [-0.2, 0) is 6.42 Å². The molecule has 2 rings (SSSR count). The molecule has 0 bridgehead atoms. The van der Waals surface area contributed by atoms with Gasteiger partial charge in [0.05, 0.1) is 12.3 Å². The van der Waals surface area contributed by atoms with Gasteiger partial charge in [0, 0.05) is 16.1 Å². The quantitative estimate of drug-likeness (QED) is 0.662. The zero-order chi connectivity index (χ0) is 13.1. The molecule has 0 spiro atoms. The monoisotopic (exact) mass is 268 g/mol. The number of nitrogens with one attached hydrogen (secondary N) is 1. The van der Waals surface area contributed by atoms with Crippen LogP contribution < -0.4 is 11.3 Å². The van der Waals surface area contributed by atoms with Gasteiger partial charge in [0.2, 0.25) is 0 Å². The third-order valence-electron chi connectivity index (χ3n) is 2.95. The van der Waals surface area contributed by atoms with Gasteiger partial charge in [0.1, 0.15) is 11.6 Å². The lowest BCUT2D eigenvalue weighted by Gasteiger charge is -2.16. The lowest BCUT2D eigenvalue weighted by molar-refractivity contribution is 0.495. The average Bonchev–Trinajstić information content (AvgIpc) is 2.76. The largest absolute Gasteiger partial charge is 0.469 e. The molecule has 0 aliphatic rings. The molecule has 5 heteroatoms. The maximum Gasteiger partial charge on any atom is 0.127 e. The number of benzene rings is 1. The van der Waals surface area contributed by atoms with Crippen molar-refractivity contribution in [1.29, 1.82) is 0 Å². The lowest BCUT2D eigenvalue weighted by Crippen LogP contribution is -2.30. The Hall–Kier alpha value is -1.36. The Labute approximate surface area is 110 Å². The molecule has 1 unspecified atom stereocenters. The van der Waals surface area contributed by atoms with Crippen molar-refractivity contribution < 1.29 is 8.81 Å². The van der Waals surface area contributed by atoms with E-state index in [0.717, 1.165) is 11.3 Å². The molecule has 3 N–H and O–H groups in total. The first kappa shape index (κ1) is 13.1. The Morgan fingerprint density at radius 2 is 2.22 bits per heavy atom. The molecular weight excluding hydrogens is 255 g/mol. The Bertz CT molecular complexity index is 521. The Morgan fingerprint density at radius 1 is 1.44 bits per heavy atom. The molecule has 3 nitrogen and oxygen atoms in total. The van der Waals surface area contributed by atoms with Crippen LogP contribution in [0.1, 0.15) is 22.9 Å². The fourth-order valence-corrected chi connectivity index (χ4v) is 2.19. The molecule has 18 heavy (non-hydrogen) atoms. The van der Waals surface area contributed by atoms with Gasteiger partial charge in [-0.2, -0.15) is 0 Å². The van der Waals surface area contributed by atoms with Crippen molar-refractivity contribution >= 4 is 11.6 Å². The third kappa shape index (κ3) is 2.56. The van der Waals surface area contributed by atoms with Gasteiger partial charge < -0.3 is 4.42 Å². The first-order valence-corrected chi connectivity index (χ1v) is 5.94. The highest BCUT2D eigenvalue weighted by Gasteiger charge is 2.18. The zero-order valence-electron chi connectivity index (χ0n) is 9.91. The van der Waals surface area contributed by atoms with Gasteiger partial charge in [-0.25, -0.2) is 4.39 Å². The molecule has 0 fully saturated rings. The van der Waals surface area contributed by atoms with E-state index >= 15 is 0 Å². The van der Waals surface area contributed by atoms with Crippen molar-refractivity contribution in [2.75, 3.05) is 0 Å². The van der Waals surface area contributed by atoms with Crippen LogP contribution in [0, 0.1) is 12.7 Å². The third-order valence-corrected chi connectivity index (χ3v) is 3.30. The Morgan fingerprint density at radius 3 is 2.78 bits per heavy atom. The molecule has 0 saturated heterocycles. The smallest absolute Gasteiger partial charge is 0.127 e. The zero-order valence-corrected chi connectivity index (χ0v) is 10.7. The van der Waals surface area contributed by atoms with Crippen molar-refractivity contribution in [3.8, 4) is 0 Å². The van der Waals surface area contributed by atoms with Crippen LogP contribution in [0.2, 0.25) is 5.02 Å². The minimum absolute atomic E-state index is 0.238. The van der Waals surface area contributed by atoms with Gasteiger partial charge in [-0.1, -0.05) is 17.7 Å². The number of aryl methyl sites for hydroxylation is 1. The molecule has 1 atom stereocenters. The summed E-state index contributed by atoms with van der Waals surface area (Å²) in [5.74, 6) is 5.95. The highest BCUT2D eigenvalue weighted by molar-refractivity contribution is 6.31. The molecule has 96 valence electrons. The molecule has 1 aromatic carbocycles. The number of halogens is 2. The van der Waals surface area contributed by atoms with Crippen molar-refractivity contribution in [2.45, 2.75) is 19.4 Å². The normalized spacial score (nSPS) is 12.7. The summed E-state index contributed by atoms with van der Waals surface area (Å²) in [5.41, 5.74) is 4.01. The minimum Gasteiger partial charge on any atom is -0.469 e. The van der Waals surface area contributed by atoms with E-state index in [0.29, 0.717) is 17.0 Å². The highest BCUT2D eigenvalue weighted by atomic mass is 35.5. The summed E-state index contributed by atoms with van der Waals surface area (Å²) in [5, 5.41) is 0.399. The SMILES string of the molecule is Cc1occc1C(Cc1c(F)cccc1Cl)NN. The maximum absolute atomic E-state index is 13.7. The van der Waals surface area contributed by atoms with Crippen LogP contribution in [0.25, 0.3) is 0 Å². The minimum atomic E-state index is -0.330. The van der Waals surface area contributed by atoms with Crippen molar-refractivity contribution in [3.05, 3.63) is 58.3 Å². The summed E-state index contributed by atoms with van der Waals surface area (Å²) in [6, 6.07) is 6.20. The van der Waals surface area contributed by atoms with E-state index in [-0.39, 0.29) is 11.9 Å². The summed E-state index contributed by atoms with van der Waals surface area (Å²) in [4.78, 5) is 0. The van der Waals surface area contributed by atoms with Gasteiger partial charge in [-0.05, 0) is 31.5 Å². The number of rotatable bonds is 4. The van der Waals surface area contributed by atoms with Crippen LogP contribution in [0.3, 0.4) is 0 Å². The Balaban J connectivity index is 2.29. The fraction of sp³-hybridized carbons (Fsp3) is 0.231. The summed E-state index contributed by atoms with van der Waals surface area (Å²) < 4.78 is 18.9. The van der Waals surface area contributed by atoms with E-state index in [2.05, 4.69) is 5.43 Å². The van der Waals surface area contributed by atoms with E-state index in [1.54, 1.807) is 18.4 Å². The van der Waals surface area contributed by atoms with Crippen LogP contribution in [0.5, 0.6) is 0 Å². The molecule has 0 radical (unpaired) electrons. The maximum atomic E-state index is 13.7. The van der Waals surface area contributed by atoms with Crippen LogP contribution in [-0.4, -0.2) is 0 Å². The number of hydrogen-bond acceptors (Lipinski definition) is 3. The fourth-order valence-electron chi connectivity index (χ4n) is 1.95. The van der Waals surface area contributed by atoms with Gasteiger partial charge in [0.15, 0.2) is 0 Å². The average molecular weight is 269 g/mol. The van der Waals surface area contributed by atoms with E-state index in [9.17, 15) is 4.39 Å². The van der Waals surface area contributed by atoms with Gasteiger partial charge in [0.25, 0.3) is 0 Å². The topological polar surface area (TPSA) is 51.2 Å². The van der Waals surface area contributed by atoms with Crippen LogP contribution in [0.4, 0.5) is 4.39 Å². The number of furan rings is 1. The van der Waals surface area contributed by atoms with Crippen LogP contribution >= 0.6 is 11.6 Å². The van der Waals surface area contributed by atoms with E-state index < -0.39 is 0 Å². The number of hydrogen-bond donors (Lipinski definition) is 2. The van der Waals surface area contributed by atoms with E-state index in [1.165, 1.54) is 6.07 Å². The van der Waals surface area contributed by atoms with Crippen molar-refractivity contribution in [1.82, 2.24) is 5.43 Å².